The van der Waals surface area contributed by atoms with Gasteiger partial charge in [0.05, 0.1) is 7.11 Å². The lowest BCUT2D eigenvalue weighted by molar-refractivity contribution is -0.112. The number of halogens is 1. The molecule has 2 aromatic rings. The van der Waals surface area contributed by atoms with E-state index in [2.05, 4.69) is 34.1 Å². The Hall–Kier alpha value is -3.22. The number of terminal acetylenes is 1. The van der Waals surface area contributed by atoms with Crippen LogP contribution in [0.15, 0.2) is 46.4 Å². The minimum Gasteiger partial charge on any atom is -0.493 e. The summed E-state index contributed by atoms with van der Waals surface area (Å²) in [5.41, 5.74) is 2.34. The lowest BCUT2D eigenvalue weighted by atomic mass is 10.1. The third-order valence-corrected chi connectivity index (χ3v) is 4.57. The maximum absolute atomic E-state index is 12.5. The molecular formula is C22H19BrN2O3. The average Bonchev–Trinajstić information content (AvgIpc) is 2.71. The Morgan fingerprint density at radius 3 is 2.57 bits per heavy atom. The Bertz CT molecular complexity index is 967. The summed E-state index contributed by atoms with van der Waals surface area (Å²) < 4.78 is 11.4. The van der Waals surface area contributed by atoms with Gasteiger partial charge in [0.2, 0.25) is 0 Å². The highest BCUT2D eigenvalue weighted by Gasteiger charge is 2.13. The lowest BCUT2D eigenvalue weighted by Crippen LogP contribution is -2.13. The number of carbonyl (C=O) groups is 1. The third-order valence-electron chi connectivity index (χ3n) is 3.88. The van der Waals surface area contributed by atoms with Crippen LogP contribution in [0.5, 0.6) is 11.5 Å². The Balaban J connectivity index is 2.28. The van der Waals surface area contributed by atoms with E-state index in [0.717, 1.165) is 12.0 Å². The van der Waals surface area contributed by atoms with Gasteiger partial charge in [0.15, 0.2) is 11.5 Å². The summed E-state index contributed by atoms with van der Waals surface area (Å²) in [6.45, 7) is 2.15. The van der Waals surface area contributed by atoms with Crippen LogP contribution in [0.25, 0.3) is 6.08 Å². The molecule has 0 atom stereocenters. The fourth-order valence-electron chi connectivity index (χ4n) is 2.38. The fourth-order valence-corrected chi connectivity index (χ4v) is 2.82. The highest BCUT2D eigenvalue weighted by atomic mass is 79.9. The minimum atomic E-state index is -0.495. The standard InChI is InChI=1S/C22H19BrN2O3/c1-4-10-28-21-13-19(23)16(12-20(21)27-3)11-17(14-24)22(26)25-18-8-6-15(5-2)7-9-18/h1,6-9,11-13H,5,10H2,2-3H3,(H,25,26)/b17-11+. The van der Waals surface area contributed by atoms with Crippen molar-refractivity contribution in [2.24, 2.45) is 0 Å². The third kappa shape index (κ3) is 5.39. The molecule has 0 unspecified atom stereocenters. The summed E-state index contributed by atoms with van der Waals surface area (Å²) in [4.78, 5) is 12.5. The Morgan fingerprint density at radius 2 is 2.00 bits per heavy atom. The van der Waals surface area contributed by atoms with Gasteiger partial charge in [-0.15, -0.1) is 6.42 Å². The van der Waals surface area contributed by atoms with Gasteiger partial charge in [0.1, 0.15) is 18.2 Å². The number of rotatable bonds is 7. The number of hydrogen-bond donors (Lipinski definition) is 1. The molecule has 0 fully saturated rings. The largest absolute Gasteiger partial charge is 0.493 e. The van der Waals surface area contributed by atoms with Crippen molar-refractivity contribution in [3.63, 3.8) is 0 Å². The van der Waals surface area contributed by atoms with Crippen LogP contribution in [0.2, 0.25) is 0 Å². The van der Waals surface area contributed by atoms with Crippen LogP contribution in [0, 0.1) is 23.7 Å². The molecule has 0 heterocycles. The summed E-state index contributed by atoms with van der Waals surface area (Å²) in [6, 6.07) is 12.8. The number of aryl methyl sites for hydroxylation is 1. The molecule has 142 valence electrons. The number of hydrogen-bond acceptors (Lipinski definition) is 4. The molecule has 28 heavy (non-hydrogen) atoms. The monoisotopic (exact) mass is 438 g/mol. The van der Waals surface area contributed by atoms with Crippen LogP contribution in [0.3, 0.4) is 0 Å². The predicted molar refractivity (Wildman–Crippen MR) is 113 cm³/mol. The van der Waals surface area contributed by atoms with Gasteiger partial charge in [0.25, 0.3) is 5.91 Å². The number of anilines is 1. The first-order valence-electron chi connectivity index (χ1n) is 8.48. The van der Waals surface area contributed by atoms with Gasteiger partial charge in [-0.2, -0.15) is 5.26 Å². The molecule has 2 aromatic carbocycles. The van der Waals surface area contributed by atoms with E-state index in [-0.39, 0.29) is 12.2 Å². The van der Waals surface area contributed by atoms with Crippen LogP contribution in [-0.4, -0.2) is 19.6 Å². The molecule has 0 radical (unpaired) electrons. The molecule has 0 saturated carbocycles. The molecule has 0 saturated heterocycles. The van der Waals surface area contributed by atoms with Gasteiger partial charge >= 0.3 is 0 Å². The molecule has 1 amide bonds. The second-order valence-electron chi connectivity index (χ2n) is 5.69. The Labute approximate surface area is 173 Å². The second-order valence-corrected chi connectivity index (χ2v) is 6.55. The zero-order valence-corrected chi connectivity index (χ0v) is 17.2. The number of nitrogens with zero attached hydrogens (tertiary/aromatic N) is 1. The number of nitriles is 1. The Kier molecular flexibility index (Phi) is 7.68. The van der Waals surface area contributed by atoms with Gasteiger partial charge in [0, 0.05) is 10.2 Å². The van der Waals surface area contributed by atoms with Crippen molar-refractivity contribution in [1.82, 2.24) is 0 Å². The molecule has 0 aromatic heterocycles. The van der Waals surface area contributed by atoms with Crippen molar-refractivity contribution in [3.8, 4) is 29.9 Å². The van der Waals surface area contributed by atoms with E-state index in [9.17, 15) is 10.1 Å². The predicted octanol–water partition coefficient (Wildman–Crippen LogP) is 4.58. The SMILES string of the molecule is C#CCOc1cc(Br)c(/C=C(\C#N)C(=O)Nc2ccc(CC)cc2)cc1OC. The maximum atomic E-state index is 12.5. The van der Waals surface area contributed by atoms with Crippen molar-refractivity contribution < 1.29 is 14.3 Å². The van der Waals surface area contributed by atoms with Gasteiger partial charge in [-0.3, -0.25) is 4.79 Å². The van der Waals surface area contributed by atoms with Gasteiger partial charge < -0.3 is 14.8 Å². The smallest absolute Gasteiger partial charge is 0.266 e. The number of ether oxygens (including phenoxy) is 2. The van der Waals surface area contributed by atoms with Crippen LogP contribution >= 0.6 is 15.9 Å². The van der Waals surface area contributed by atoms with E-state index in [0.29, 0.717) is 27.2 Å². The molecule has 0 aliphatic heterocycles. The molecule has 0 aliphatic rings. The molecule has 6 heteroatoms. The van der Waals surface area contributed by atoms with Gasteiger partial charge in [-0.05, 0) is 47.9 Å². The number of benzene rings is 2. The van der Waals surface area contributed by atoms with Crippen LogP contribution in [0.4, 0.5) is 5.69 Å². The zero-order chi connectivity index (χ0) is 20.5. The normalized spacial score (nSPS) is 10.5. The van der Waals surface area contributed by atoms with E-state index >= 15 is 0 Å². The van der Waals surface area contributed by atoms with Gasteiger partial charge in [-0.25, -0.2) is 0 Å². The highest BCUT2D eigenvalue weighted by Crippen LogP contribution is 2.34. The van der Waals surface area contributed by atoms with Crippen LogP contribution in [-0.2, 0) is 11.2 Å². The highest BCUT2D eigenvalue weighted by molar-refractivity contribution is 9.10. The number of nitrogens with one attached hydrogen (secondary N) is 1. The van der Waals surface area contributed by atoms with Crippen molar-refractivity contribution in [3.05, 3.63) is 57.6 Å². The lowest BCUT2D eigenvalue weighted by Gasteiger charge is -2.11. The summed E-state index contributed by atoms with van der Waals surface area (Å²) in [5.74, 6) is 2.80. The zero-order valence-electron chi connectivity index (χ0n) is 15.6. The molecule has 1 N–H and O–H groups in total. The van der Waals surface area contributed by atoms with Crippen LogP contribution < -0.4 is 14.8 Å². The van der Waals surface area contributed by atoms with E-state index in [4.69, 9.17) is 15.9 Å². The molecule has 0 spiro atoms. The number of amides is 1. The van der Waals surface area contributed by atoms with Crippen molar-refractivity contribution >= 4 is 33.6 Å². The first-order valence-corrected chi connectivity index (χ1v) is 9.27. The van der Waals surface area contributed by atoms with E-state index in [1.54, 1.807) is 12.1 Å². The van der Waals surface area contributed by atoms with E-state index in [1.165, 1.54) is 13.2 Å². The van der Waals surface area contributed by atoms with Crippen molar-refractivity contribution in [2.45, 2.75) is 13.3 Å². The summed E-state index contributed by atoms with van der Waals surface area (Å²) in [5, 5.41) is 12.2. The summed E-state index contributed by atoms with van der Waals surface area (Å²) in [6.07, 6.45) is 7.61. The summed E-state index contributed by atoms with van der Waals surface area (Å²) >= 11 is 3.42. The first-order chi connectivity index (χ1) is 13.5. The topological polar surface area (TPSA) is 71.3 Å². The molecule has 0 bridgehead atoms. The quantitative estimate of drug-likeness (QED) is 0.390. The molecule has 2 rings (SSSR count). The fraction of sp³-hybridized carbons (Fsp3) is 0.182. The molecule has 0 aliphatic carbocycles. The second kappa shape index (κ2) is 10.2. The minimum absolute atomic E-state index is 0.0420. The van der Waals surface area contributed by atoms with E-state index < -0.39 is 5.91 Å². The van der Waals surface area contributed by atoms with Gasteiger partial charge in [-0.1, -0.05) is 40.9 Å². The van der Waals surface area contributed by atoms with Crippen molar-refractivity contribution in [1.29, 1.82) is 5.26 Å². The molecular weight excluding hydrogens is 420 g/mol. The number of carbonyl (C=O) groups excluding carboxylic acids is 1. The maximum Gasteiger partial charge on any atom is 0.266 e. The average molecular weight is 439 g/mol. The van der Waals surface area contributed by atoms with Crippen LogP contribution in [0.1, 0.15) is 18.1 Å². The first kappa shape index (κ1) is 21.1. The number of methoxy groups -OCH3 is 1. The van der Waals surface area contributed by atoms with Crippen molar-refractivity contribution in [2.75, 3.05) is 19.0 Å². The summed E-state index contributed by atoms with van der Waals surface area (Å²) in [7, 11) is 1.50. The van der Waals surface area contributed by atoms with E-state index in [1.807, 2.05) is 30.3 Å². The molecule has 5 nitrogen and oxygen atoms in total. The Morgan fingerprint density at radius 1 is 1.29 bits per heavy atom.